The van der Waals surface area contributed by atoms with Gasteiger partial charge in [-0.2, -0.15) is 0 Å². The maximum Gasteiger partial charge on any atom is 0.235 e. The van der Waals surface area contributed by atoms with Gasteiger partial charge in [-0.15, -0.1) is 0 Å². The molecule has 0 spiro atoms. The zero-order chi connectivity index (χ0) is 27.0. The second-order valence-corrected chi connectivity index (χ2v) is 8.46. The van der Waals surface area contributed by atoms with Crippen molar-refractivity contribution in [1.82, 2.24) is 0 Å². The van der Waals surface area contributed by atoms with E-state index in [4.69, 9.17) is 28.1 Å². The van der Waals surface area contributed by atoms with Crippen LogP contribution in [0.15, 0.2) is 58.7 Å². The van der Waals surface area contributed by atoms with E-state index in [1.54, 1.807) is 37.3 Å². The van der Waals surface area contributed by atoms with Crippen LogP contribution in [-0.2, 0) is 0 Å². The molecule has 0 fully saturated rings. The first-order valence-electron chi connectivity index (χ1n) is 11.6. The van der Waals surface area contributed by atoms with Crippen molar-refractivity contribution in [3.05, 3.63) is 82.6 Å². The molecule has 0 bridgehead atoms. The van der Waals surface area contributed by atoms with Gasteiger partial charge in [-0.1, -0.05) is 0 Å². The lowest BCUT2D eigenvalue weighted by Crippen LogP contribution is -2.11. The SMILES string of the molecule is COc1cc(C=C2Oc3cc(OCC(=O)c4oc5ccc(F)cc5c4C)ccc3C2=O)cc(OC)c1OC. The number of carbonyl (C=O) groups is 2. The molecule has 1 aliphatic rings. The Morgan fingerprint density at radius 1 is 0.974 bits per heavy atom. The van der Waals surface area contributed by atoms with Crippen LogP contribution >= 0.6 is 0 Å². The van der Waals surface area contributed by atoms with Crippen molar-refractivity contribution in [2.24, 2.45) is 0 Å². The summed E-state index contributed by atoms with van der Waals surface area (Å²) in [5, 5.41) is 0.532. The summed E-state index contributed by atoms with van der Waals surface area (Å²) >= 11 is 0. The second kappa shape index (κ2) is 9.93. The summed E-state index contributed by atoms with van der Waals surface area (Å²) in [7, 11) is 4.51. The van der Waals surface area contributed by atoms with E-state index in [2.05, 4.69) is 0 Å². The molecule has 3 aromatic carbocycles. The van der Waals surface area contributed by atoms with Gasteiger partial charge in [0.25, 0.3) is 0 Å². The molecule has 0 aliphatic carbocycles. The minimum atomic E-state index is -0.414. The van der Waals surface area contributed by atoms with E-state index in [1.165, 1.54) is 45.6 Å². The van der Waals surface area contributed by atoms with Crippen LogP contribution in [0.2, 0.25) is 0 Å². The summed E-state index contributed by atoms with van der Waals surface area (Å²) in [4.78, 5) is 25.7. The summed E-state index contributed by atoms with van der Waals surface area (Å²) in [5.74, 6) is 1.03. The molecular formula is C29H23FO8. The maximum absolute atomic E-state index is 13.6. The molecule has 38 heavy (non-hydrogen) atoms. The molecule has 0 saturated heterocycles. The lowest BCUT2D eigenvalue weighted by atomic mass is 10.1. The molecule has 0 atom stereocenters. The van der Waals surface area contributed by atoms with Crippen LogP contribution < -0.4 is 23.7 Å². The highest BCUT2D eigenvalue weighted by atomic mass is 19.1. The average Bonchev–Trinajstić information content (AvgIpc) is 3.41. The highest BCUT2D eigenvalue weighted by molar-refractivity contribution is 6.14. The summed E-state index contributed by atoms with van der Waals surface area (Å²) in [6, 6.07) is 12.2. The smallest absolute Gasteiger partial charge is 0.235 e. The normalized spacial score (nSPS) is 13.4. The third-order valence-corrected chi connectivity index (χ3v) is 6.15. The molecule has 8 nitrogen and oxygen atoms in total. The molecule has 9 heteroatoms. The van der Waals surface area contributed by atoms with Crippen LogP contribution in [0, 0.1) is 12.7 Å². The first-order valence-corrected chi connectivity index (χ1v) is 11.6. The quantitative estimate of drug-likeness (QED) is 0.214. The van der Waals surface area contributed by atoms with Gasteiger partial charge in [0, 0.05) is 17.0 Å². The summed E-state index contributed by atoms with van der Waals surface area (Å²) in [6.45, 7) is 1.37. The first kappa shape index (κ1) is 24.9. The Morgan fingerprint density at radius 3 is 2.39 bits per heavy atom. The van der Waals surface area contributed by atoms with Crippen LogP contribution in [0.25, 0.3) is 17.0 Å². The van der Waals surface area contributed by atoms with Crippen molar-refractivity contribution in [2.75, 3.05) is 27.9 Å². The predicted molar refractivity (Wildman–Crippen MR) is 136 cm³/mol. The number of allylic oxidation sites excluding steroid dienone is 1. The van der Waals surface area contributed by atoms with E-state index in [-0.39, 0.29) is 23.9 Å². The van der Waals surface area contributed by atoms with Crippen LogP contribution in [0.5, 0.6) is 28.7 Å². The molecule has 1 aromatic heterocycles. The molecule has 1 aliphatic heterocycles. The molecule has 194 valence electrons. The van der Waals surface area contributed by atoms with Crippen molar-refractivity contribution in [3.63, 3.8) is 0 Å². The van der Waals surface area contributed by atoms with E-state index in [0.29, 0.717) is 56.4 Å². The Bertz CT molecular complexity index is 1590. The first-order chi connectivity index (χ1) is 18.3. The lowest BCUT2D eigenvalue weighted by molar-refractivity contribution is 0.0894. The van der Waals surface area contributed by atoms with Gasteiger partial charge >= 0.3 is 0 Å². The molecule has 2 heterocycles. The topological polar surface area (TPSA) is 93.4 Å². The number of rotatable bonds is 8. The maximum atomic E-state index is 13.6. The van der Waals surface area contributed by atoms with Gasteiger partial charge in [0.05, 0.1) is 26.9 Å². The number of carbonyl (C=O) groups excluding carboxylic acids is 2. The predicted octanol–water partition coefficient (Wildman–Crippen LogP) is 5.78. The van der Waals surface area contributed by atoms with Gasteiger partial charge in [-0.05, 0) is 61.0 Å². The summed E-state index contributed by atoms with van der Waals surface area (Å²) < 4.78 is 46.7. The molecule has 4 aromatic rings. The molecule has 0 unspecified atom stereocenters. The Labute approximate surface area is 217 Å². The minimum absolute atomic E-state index is 0.104. The fraction of sp³-hybridized carbons (Fsp3) is 0.172. The summed E-state index contributed by atoms with van der Waals surface area (Å²) in [6.07, 6.45) is 1.57. The highest BCUT2D eigenvalue weighted by Crippen LogP contribution is 2.40. The number of benzene rings is 3. The van der Waals surface area contributed by atoms with Crippen molar-refractivity contribution < 1.29 is 42.1 Å². The zero-order valence-electron chi connectivity index (χ0n) is 21.0. The molecule has 5 rings (SSSR count). The number of hydrogen-bond donors (Lipinski definition) is 0. The van der Waals surface area contributed by atoms with Crippen LogP contribution in [-0.4, -0.2) is 39.5 Å². The summed E-state index contributed by atoms with van der Waals surface area (Å²) in [5.41, 5.74) is 1.93. The standard InChI is InChI=1S/C29H23FO8/c1-15-20-12-17(30)5-8-22(20)38-28(15)21(31)14-36-18-6-7-19-23(13-18)37-24(27(19)32)9-16-10-25(33-2)29(35-4)26(11-16)34-3/h5-13H,14H2,1-4H3. The van der Waals surface area contributed by atoms with Crippen molar-refractivity contribution >= 4 is 28.6 Å². The van der Waals surface area contributed by atoms with E-state index in [0.717, 1.165) is 0 Å². The Hall–Kier alpha value is -4.79. The monoisotopic (exact) mass is 518 g/mol. The number of Topliss-reactive ketones (excluding diaryl/α,β-unsaturated/α-hetero) is 2. The molecule has 0 N–H and O–H groups in total. The van der Waals surface area contributed by atoms with E-state index in [9.17, 15) is 14.0 Å². The van der Waals surface area contributed by atoms with Gasteiger partial charge in [-0.3, -0.25) is 9.59 Å². The van der Waals surface area contributed by atoms with Gasteiger partial charge in [0.1, 0.15) is 22.9 Å². The molecule has 0 saturated carbocycles. The minimum Gasteiger partial charge on any atom is -0.493 e. The molecule has 0 radical (unpaired) electrons. The Balaban J connectivity index is 1.33. The van der Waals surface area contributed by atoms with Gasteiger partial charge < -0.3 is 28.1 Å². The third kappa shape index (κ3) is 4.43. The van der Waals surface area contributed by atoms with Crippen LogP contribution in [0.1, 0.15) is 32.0 Å². The van der Waals surface area contributed by atoms with Crippen molar-refractivity contribution in [2.45, 2.75) is 6.92 Å². The van der Waals surface area contributed by atoms with Gasteiger partial charge in [0.2, 0.25) is 17.3 Å². The van der Waals surface area contributed by atoms with Crippen molar-refractivity contribution in [1.29, 1.82) is 0 Å². The lowest BCUT2D eigenvalue weighted by Gasteiger charge is -2.13. The van der Waals surface area contributed by atoms with E-state index >= 15 is 0 Å². The number of aryl methyl sites for hydroxylation is 1. The molecule has 0 amide bonds. The largest absolute Gasteiger partial charge is 0.493 e. The number of ketones is 2. The number of ether oxygens (including phenoxy) is 5. The molecular weight excluding hydrogens is 495 g/mol. The van der Waals surface area contributed by atoms with Gasteiger partial charge in [-0.25, -0.2) is 4.39 Å². The number of furan rings is 1. The Kier molecular flexibility index (Phi) is 6.50. The van der Waals surface area contributed by atoms with Crippen LogP contribution in [0.3, 0.4) is 0 Å². The second-order valence-electron chi connectivity index (χ2n) is 8.46. The zero-order valence-corrected chi connectivity index (χ0v) is 21.0. The number of methoxy groups -OCH3 is 3. The van der Waals surface area contributed by atoms with E-state index < -0.39 is 11.6 Å². The number of halogens is 1. The third-order valence-electron chi connectivity index (χ3n) is 6.15. The van der Waals surface area contributed by atoms with Gasteiger partial charge in [0.15, 0.2) is 29.6 Å². The van der Waals surface area contributed by atoms with Crippen molar-refractivity contribution in [3.8, 4) is 28.7 Å². The highest BCUT2D eigenvalue weighted by Gasteiger charge is 2.28. The Morgan fingerprint density at radius 2 is 1.71 bits per heavy atom. The average molecular weight is 518 g/mol. The van der Waals surface area contributed by atoms with E-state index in [1.807, 2.05) is 0 Å². The van der Waals surface area contributed by atoms with Crippen LogP contribution in [0.4, 0.5) is 4.39 Å². The number of fused-ring (bicyclic) bond motifs is 2. The fourth-order valence-electron chi connectivity index (χ4n) is 4.27. The fourth-order valence-corrected chi connectivity index (χ4v) is 4.27. The number of hydrogen-bond acceptors (Lipinski definition) is 8.